The van der Waals surface area contributed by atoms with Gasteiger partial charge in [-0.25, -0.2) is 4.98 Å². The number of benzene rings is 2. The van der Waals surface area contributed by atoms with E-state index in [4.69, 9.17) is 8.92 Å². The molecule has 0 bridgehead atoms. The van der Waals surface area contributed by atoms with Gasteiger partial charge in [0.1, 0.15) is 22.3 Å². The van der Waals surface area contributed by atoms with Crippen molar-refractivity contribution in [1.29, 1.82) is 0 Å². The quantitative estimate of drug-likeness (QED) is 0.609. The first kappa shape index (κ1) is 17.4. The van der Waals surface area contributed by atoms with E-state index in [9.17, 15) is 8.42 Å². The van der Waals surface area contributed by atoms with Gasteiger partial charge in [0.25, 0.3) is 0 Å². The van der Waals surface area contributed by atoms with Crippen molar-refractivity contribution in [2.24, 2.45) is 0 Å². The first-order chi connectivity index (χ1) is 11.9. The second kappa shape index (κ2) is 7.25. The Morgan fingerprint density at radius 2 is 1.84 bits per heavy atom. The maximum absolute atomic E-state index is 12.3. The molecule has 0 atom stereocenters. The van der Waals surface area contributed by atoms with Crippen molar-refractivity contribution in [3.8, 4) is 22.1 Å². The van der Waals surface area contributed by atoms with Crippen LogP contribution in [-0.2, 0) is 15.9 Å². The summed E-state index contributed by atoms with van der Waals surface area (Å²) < 4.78 is 34.8. The van der Waals surface area contributed by atoms with Crippen molar-refractivity contribution in [2.75, 3.05) is 7.11 Å². The molecule has 5 nitrogen and oxygen atoms in total. The Balaban J connectivity index is 1.72. The lowest BCUT2D eigenvalue weighted by Gasteiger charge is -2.08. The van der Waals surface area contributed by atoms with Crippen LogP contribution in [-0.4, -0.2) is 20.5 Å². The summed E-state index contributed by atoms with van der Waals surface area (Å²) in [6.45, 7) is 1.93. The monoisotopic (exact) mass is 375 g/mol. The Morgan fingerprint density at radius 3 is 2.48 bits per heavy atom. The second-order valence-corrected chi connectivity index (χ2v) is 7.88. The number of hydrogen-bond donors (Lipinski definition) is 0. The number of thiazole rings is 1. The summed E-state index contributed by atoms with van der Waals surface area (Å²) in [5.74, 6) is 0.660. The first-order valence-corrected chi connectivity index (χ1v) is 9.98. The number of aromatic nitrogens is 1. The number of hydrogen-bond acceptors (Lipinski definition) is 6. The summed E-state index contributed by atoms with van der Waals surface area (Å²) >= 11 is 1.54. The highest BCUT2D eigenvalue weighted by molar-refractivity contribution is 7.86. The van der Waals surface area contributed by atoms with Crippen LogP contribution in [0.1, 0.15) is 11.3 Å². The van der Waals surface area contributed by atoms with Crippen LogP contribution in [0.15, 0.2) is 53.9 Å². The smallest absolute Gasteiger partial charge is 0.313 e. The number of rotatable bonds is 6. The van der Waals surface area contributed by atoms with E-state index in [1.165, 1.54) is 7.11 Å². The minimum atomic E-state index is -3.75. The van der Waals surface area contributed by atoms with Crippen LogP contribution in [0.5, 0.6) is 11.5 Å². The Bertz CT molecular complexity index is 963. The van der Waals surface area contributed by atoms with Crippen LogP contribution >= 0.6 is 11.3 Å². The summed E-state index contributed by atoms with van der Waals surface area (Å²) in [5, 5.41) is 2.86. The lowest BCUT2D eigenvalue weighted by atomic mass is 10.2. The molecule has 2 aromatic carbocycles. The SMILES string of the molecule is COc1cccc(CS(=O)(=O)Oc2ccc(-c3nc(C)cs3)cc2)c1. The second-order valence-electron chi connectivity index (χ2n) is 5.46. The van der Waals surface area contributed by atoms with Gasteiger partial charge in [-0.1, -0.05) is 12.1 Å². The van der Waals surface area contributed by atoms with Gasteiger partial charge in [0.15, 0.2) is 0 Å². The normalized spacial score (nSPS) is 11.3. The molecule has 25 heavy (non-hydrogen) atoms. The maximum Gasteiger partial charge on any atom is 0.313 e. The molecule has 3 rings (SSSR count). The molecule has 0 aliphatic rings. The van der Waals surface area contributed by atoms with E-state index in [-0.39, 0.29) is 11.5 Å². The van der Waals surface area contributed by atoms with Crippen LogP contribution in [0.25, 0.3) is 10.6 Å². The van der Waals surface area contributed by atoms with E-state index in [2.05, 4.69) is 4.98 Å². The lowest BCUT2D eigenvalue weighted by molar-refractivity contribution is 0.414. The number of methoxy groups -OCH3 is 1. The molecule has 0 saturated carbocycles. The standard InChI is InChI=1S/C18H17NO4S2/c1-13-11-24-18(19-13)15-6-8-16(9-7-15)23-25(20,21)12-14-4-3-5-17(10-14)22-2/h3-11H,12H2,1-2H3. The third kappa shape index (κ3) is 4.58. The van der Waals surface area contributed by atoms with Gasteiger partial charge in [0.05, 0.1) is 7.11 Å². The molecule has 7 heteroatoms. The fourth-order valence-electron chi connectivity index (χ4n) is 2.28. The fraction of sp³-hybridized carbons (Fsp3) is 0.167. The molecule has 0 fully saturated rings. The van der Waals surface area contributed by atoms with Crippen molar-refractivity contribution in [3.05, 3.63) is 65.2 Å². The van der Waals surface area contributed by atoms with E-state index < -0.39 is 10.1 Å². The lowest BCUT2D eigenvalue weighted by Crippen LogP contribution is -2.12. The summed E-state index contributed by atoms with van der Waals surface area (Å²) in [7, 11) is -2.22. The largest absolute Gasteiger partial charge is 0.497 e. The summed E-state index contributed by atoms with van der Waals surface area (Å²) in [6, 6.07) is 13.8. The van der Waals surface area contributed by atoms with Gasteiger partial charge in [-0.15, -0.1) is 11.3 Å². The minimum Gasteiger partial charge on any atom is -0.497 e. The topological polar surface area (TPSA) is 65.5 Å². The van der Waals surface area contributed by atoms with Gasteiger partial charge in [-0.05, 0) is 48.9 Å². The third-order valence-corrected chi connectivity index (χ3v) is 5.56. The zero-order valence-corrected chi connectivity index (χ0v) is 15.4. The minimum absolute atomic E-state index is 0.225. The van der Waals surface area contributed by atoms with Gasteiger partial charge in [-0.3, -0.25) is 0 Å². The number of aryl methyl sites for hydroxylation is 1. The summed E-state index contributed by atoms with van der Waals surface area (Å²) in [5.41, 5.74) is 2.49. The van der Waals surface area contributed by atoms with Crippen molar-refractivity contribution < 1.29 is 17.3 Å². The Morgan fingerprint density at radius 1 is 1.08 bits per heavy atom. The molecule has 3 aromatic rings. The van der Waals surface area contributed by atoms with Crippen LogP contribution in [0, 0.1) is 6.92 Å². The van der Waals surface area contributed by atoms with Gasteiger partial charge >= 0.3 is 10.1 Å². The van der Waals surface area contributed by atoms with Crippen LogP contribution < -0.4 is 8.92 Å². The van der Waals surface area contributed by atoms with Gasteiger partial charge in [-0.2, -0.15) is 8.42 Å². The molecule has 0 saturated heterocycles. The van der Waals surface area contributed by atoms with Gasteiger partial charge < -0.3 is 8.92 Å². The summed E-state index contributed by atoms with van der Waals surface area (Å²) in [4.78, 5) is 4.40. The molecule has 1 aromatic heterocycles. The molecule has 0 unspecified atom stereocenters. The van der Waals surface area contributed by atoms with Crippen LogP contribution in [0.4, 0.5) is 0 Å². The van der Waals surface area contributed by atoms with E-state index in [1.807, 2.05) is 12.3 Å². The highest BCUT2D eigenvalue weighted by Gasteiger charge is 2.15. The highest BCUT2D eigenvalue weighted by Crippen LogP contribution is 2.26. The number of nitrogens with zero attached hydrogens (tertiary/aromatic N) is 1. The third-order valence-electron chi connectivity index (χ3n) is 3.42. The Hall–Kier alpha value is -2.38. The zero-order valence-electron chi connectivity index (χ0n) is 13.8. The van der Waals surface area contributed by atoms with Crippen LogP contribution in [0.2, 0.25) is 0 Å². The highest BCUT2D eigenvalue weighted by atomic mass is 32.2. The molecular formula is C18H17NO4S2. The molecule has 1 heterocycles. The molecular weight excluding hydrogens is 358 g/mol. The average Bonchev–Trinajstić information content (AvgIpc) is 3.01. The Labute approximate surface area is 151 Å². The predicted octanol–water partition coefficient (Wildman–Crippen LogP) is 4.04. The van der Waals surface area contributed by atoms with E-state index >= 15 is 0 Å². The molecule has 130 valence electrons. The zero-order chi connectivity index (χ0) is 17.9. The van der Waals surface area contributed by atoms with Crippen molar-refractivity contribution in [2.45, 2.75) is 12.7 Å². The number of ether oxygens (including phenoxy) is 1. The van der Waals surface area contributed by atoms with E-state index in [0.717, 1.165) is 16.3 Å². The maximum atomic E-state index is 12.3. The molecule has 0 N–H and O–H groups in total. The van der Waals surface area contributed by atoms with E-state index in [1.54, 1.807) is 59.9 Å². The molecule has 0 radical (unpaired) electrons. The van der Waals surface area contributed by atoms with Gasteiger partial charge in [0, 0.05) is 16.6 Å². The summed E-state index contributed by atoms with van der Waals surface area (Å²) in [6.07, 6.45) is 0. The predicted molar refractivity (Wildman–Crippen MR) is 98.5 cm³/mol. The van der Waals surface area contributed by atoms with Gasteiger partial charge in [0.2, 0.25) is 0 Å². The van der Waals surface area contributed by atoms with Crippen molar-refractivity contribution in [3.63, 3.8) is 0 Å². The fourth-order valence-corrected chi connectivity index (χ4v) is 4.14. The molecule has 0 aliphatic heterocycles. The molecule has 0 amide bonds. The van der Waals surface area contributed by atoms with Crippen molar-refractivity contribution >= 4 is 21.5 Å². The van der Waals surface area contributed by atoms with Crippen molar-refractivity contribution in [1.82, 2.24) is 4.98 Å². The first-order valence-electron chi connectivity index (χ1n) is 7.53. The van der Waals surface area contributed by atoms with E-state index in [0.29, 0.717) is 11.3 Å². The van der Waals surface area contributed by atoms with Crippen LogP contribution in [0.3, 0.4) is 0 Å². The molecule has 0 spiro atoms. The molecule has 0 aliphatic carbocycles. The Kier molecular flexibility index (Phi) is 5.06. The average molecular weight is 375 g/mol.